The molecule has 1 heterocycles. The monoisotopic (exact) mass is 355 g/mol. The summed E-state index contributed by atoms with van der Waals surface area (Å²) in [6.45, 7) is 1.49. The van der Waals surface area contributed by atoms with Crippen molar-refractivity contribution in [2.75, 3.05) is 5.32 Å². The lowest BCUT2D eigenvalue weighted by molar-refractivity contribution is -0.114. The normalized spacial score (nSPS) is 10.5. The summed E-state index contributed by atoms with van der Waals surface area (Å²) in [5.74, 6) is 0.533. The van der Waals surface area contributed by atoms with Gasteiger partial charge in [0.25, 0.3) is 0 Å². The first-order valence-corrected chi connectivity index (χ1v) is 7.61. The number of hydrogen-bond acceptors (Lipinski definition) is 2. The Morgan fingerprint density at radius 2 is 1.91 bits per heavy atom. The molecule has 0 atom stereocenters. The lowest BCUT2D eigenvalue weighted by atomic mass is 10.1. The number of rotatable bonds is 3. The first-order valence-electron chi connectivity index (χ1n) is 6.82. The molecule has 0 aliphatic rings. The smallest absolute Gasteiger partial charge is 0.222 e. The van der Waals surface area contributed by atoms with E-state index in [1.807, 2.05) is 54.6 Å². The van der Waals surface area contributed by atoms with E-state index in [1.54, 1.807) is 10.9 Å². The summed E-state index contributed by atoms with van der Waals surface area (Å²) in [7, 11) is 0. The zero-order chi connectivity index (χ0) is 15.5. The van der Waals surface area contributed by atoms with Crippen molar-refractivity contribution in [3.8, 4) is 16.8 Å². The number of para-hydroxylation sites is 1. The van der Waals surface area contributed by atoms with Crippen LogP contribution in [0.3, 0.4) is 0 Å². The van der Waals surface area contributed by atoms with Crippen LogP contribution in [0.5, 0.6) is 0 Å². The lowest BCUT2D eigenvalue weighted by Crippen LogP contribution is -2.11. The van der Waals surface area contributed by atoms with Crippen molar-refractivity contribution < 1.29 is 4.79 Å². The Morgan fingerprint density at radius 1 is 1.14 bits per heavy atom. The molecule has 0 radical (unpaired) electrons. The highest BCUT2D eigenvalue weighted by Gasteiger charge is 2.15. The summed E-state index contributed by atoms with van der Waals surface area (Å²) in [5, 5.41) is 7.32. The fourth-order valence-electron chi connectivity index (χ4n) is 2.27. The molecule has 0 saturated carbocycles. The van der Waals surface area contributed by atoms with Crippen molar-refractivity contribution >= 4 is 27.7 Å². The van der Waals surface area contributed by atoms with E-state index in [4.69, 9.17) is 0 Å². The molecule has 0 spiro atoms. The Balaban J connectivity index is 2.15. The molecule has 3 aromatic rings. The molecule has 3 rings (SSSR count). The zero-order valence-electron chi connectivity index (χ0n) is 12.0. The molecule has 0 saturated heterocycles. The summed E-state index contributed by atoms with van der Waals surface area (Å²) < 4.78 is 2.71. The molecule has 2 aromatic carbocycles. The zero-order valence-corrected chi connectivity index (χ0v) is 13.5. The third kappa shape index (κ3) is 2.94. The number of halogens is 1. The fourth-order valence-corrected chi connectivity index (χ4v) is 2.67. The quantitative estimate of drug-likeness (QED) is 0.762. The van der Waals surface area contributed by atoms with Gasteiger partial charge in [-0.15, -0.1) is 0 Å². The number of hydrogen-bond donors (Lipinski definition) is 1. The van der Waals surface area contributed by atoms with E-state index in [1.165, 1.54) is 6.92 Å². The van der Waals surface area contributed by atoms with Crippen molar-refractivity contribution in [3.05, 3.63) is 65.3 Å². The topological polar surface area (TPSA) is 46.9 Å². The van der Waals surface area contributed by atoms with Crippen molar-refractivity contribution in [3.63, 3.8) is 0 Å². The van der Waals surface area contributed by atoms with E-state index in [-0.39, 0.29) is 5.91 Å². The molecule has 0 aliphatic carbocycles. The van der Waals surface area contributed by atoms with Crippen molar-refractivity contribution in [1.82, 2.24) is 9.78 Å². The van der Waals surface area contributed by atoms with E-state index in [0.717, 1.165) is 21.3 Å². The molecule has 0 bridgehead atoms. The minimum absolute atomic E-state index is 0.131. The second kappa shape index (κ2) is 6.15. The van der Waals surface area contributed by atoms with Crippen LogP contribution < -0.4 is 5.32 Å². The standard InChI is InChI=1S/C17H14BrN3O/c1-12(22)20-17-16(13-6-5-7-14(18)10-13)11-19-21(17)15-8-3-2-4-9-15/h2-11H,1H3,(H,20,22). The van der Waals surface area contributed by atoms with Crippen LogP contribution in [0.15, 0.2) is 65.3 Å². The number of amides is 1. The van der Waals surface area contributed by atoms with Gasteiger partial charge in [-0.3, -0.25) is 4.79 Å². The SMILES string of the molecule is CC(=O)Nc1c(-c2cccc(Br)c2)cnn1-c1ccccc1. The predicted molar refractivity (Wildman–Crippen MR) is 91.0 cm³/mol. The minimum Gasteiger partial charge on any atom is -0.310 e. The number of aromatic nitrogens is 2. The maximum atomic E-state index is 11.6. The van der Waals surface area contributed by atoms with E-state index >= 15 is 0 Å². The molecule has 1 N–H and O–H groups in total. The summed E-state index contributed by atoms with van der Waals surface area (Å²) in [4.78, 5) is 11.6. The van der Waals surface area contributed by atoms with Gasteiger partial charge in [-0.05, 0) is 29.8 Å². The highest BCUT2D eigenvalue weighted by molar-refractivity contribution is 9.10. The van der Waals surface area contributed by atoms with Crippen LogP contribution in [0.2, 0.25) is 0 Å². The molecule has 110 valence electrons. The Hall–Kier alpha value is -2.40. The Morgan fingerprint density at radius 3 is 2.59 bits per heavy atom. The van der Waals surface area contributed by atoms with Gasteiger partial charge in [0.15, 0.2) is 0 Å². The van der Waals surface area contributed by atoms with E-state index in [9.17, 15) is 4.79 Å². The van der Waals surface area contributed by atoms with Crippen LogP contribution in [0.4, 0.5) is 5.82 Å². The van der Waals surface area contributed by atoms with Crippen LogP contribution in [-0.4, -0.2) is 15.7 Å². The fraction of sp³-hybridized carbons (Fsp3) is 0.0588. The molecule has 0 unspecified atom stereocenters. The third-order valence-corrected chi connectivity index (χ3v) is 3.69. The molecule has 0 fully saturated rings. The number of carbonyl (C=O) groups is 1. The van der Waals surface area contributed by atoms with Gasteiger partial charge in [0.1, 0.15) is 5.82 Å². The number of benzene rings is 2. The largest absolute Gasteiger partial charge is 0.310 e. The molecule has 1 aromatic heterocycles. The number of anilines is 1. The average Bonchev–Trinajstić information content (AvgIpc) is 2.91. The average molecular weight is 356 g/mol. The van der Waals surface area contributed by atoms with Crippen LogP contribution in [-0.2, 0) is 4.79 Å². The van der Waals surface area contributed by atoms with Gasteiger partial charge in [0.2, 0.25) is 5.91 Å². The summed E-state index contributed by atoms with van der Waals surface area (Å²) in [5.41, 5.74) is 2.76. The second-order valence-corrected chi connectivity index (χ2v) is 5.76. The van der Waals surface area contributed by atoms with Gasteiger partial charge in [0, 0.05) is 17.0 Å². The number of nitrogens with one attached hydrogen (secondary N) is 1. The van der Waals surface area contributed by atoms with Gasteiger partial charge in [-0.1, -0.05) is 46.3 Å². The van der Waals surface area contributed by atoms with Gasteiger partial charge < -0.3 is 5.32 Å². The van der Waals surface area contributed by atoms with E-state index < -0.39 is 0 Å². The Bertz CT molecular complexity index is 812. The molecule has 22 heavy (non-hydrogen) atoms. The minimum atomic E-state index is -0.131. The van der Waals surface area contributed by atoms with Crippen molar-refractivity contribution in [2.24, 2.45) is 0 Å². The molecular weight excluding hydrogens is 342 g/mol. The van der Waals surface area contributed by atoms with Crippen molar-refractivity contribution in [1.29, 1.82) is 0 Å². The van der Waals surface area contributed by atoms with Gasteiger partial charge in [-0.2, -0.15) is 5.10 Å². The maximum absolute atomic E-state index is 11.6. The first kappa shape index (κ1) is 14.5. The molecule has 1 amide bonds. The molecule has 5 heteroatoms. The summed E-state index contributed by atoms with van der Waals surface area (Å²) >= 11 is 3.47. The van der Waals surface area contributed by atoms with Crippen molar-refractivity contribution in [2.45, 2.75) is 6.92 Å². The van der Waals surface area contributed by atoms with Gasteiger partial charge in [0.05, 0.1) is 11.9 Å². The molecule has 4 nitrogen and oxygen atoms in total. The lowest BCUT2D eigenvalue weighted by Gasteiger charge is -2.10. The molecular formula is C17H14BrN3O. The Labute approximate surface area is 136 Å². The van der Waals surface area contributed by atoms with Gasteiger partial charge >= 0.3 is 0 Å². The van der Waals surface area contributed by atoms with Crippen LogP contribution in [0, 0.1) is 0 Å². The summed E-state index contributed by atoms with van der Waals surface area (Å²) in [6.07, 6.45) is 1.76. The van der Waals surface area contributed by atoms with Crippen LogP contribution >= 0.6 is 15.9 Å². The van der Waals surface area contributed by atoms with E-state index in [2.05, 4.69) is 26.3 Å². The summed E-state index contributed by atoms with van der Waals surface area (Å²) in [6, 6.07) is 17.6. The number of carbonyl (C=O) groups excluding carboxylic acids is 1. The van der Waals surface area contributed by atoms with Crippen LogP contribution in [0.1, 0.15) is 6.92 Å². The van der Waals surface area contributed by atoms with E-state index in [0.29, 0.717) is 5.82 Å². The number of nitrogens with zero attached hydrogens (tertiary/aromatic N) is 2. The highest BCUT2D eigenvalue weighted by Crippen LogP contribution is 2.31. The third-order valence-electron chi connectivity index (χ3n) is 3.20. The highest BCUT2D eigenvalue weighted by atomic mass is 79.9. The van der Waals surface area contributed by atoms with Crippen LogP contribution in [0.25, 0.3) is 16.8 Å². The first-order chi connectivity index (χ1) is 10.6. The molecule has 0 aliphatic heterocycles. The predicted octanol–water partition coefficient (Wildman–Crippen LogP) is 4.26. The van der Waals surface area contributed by atoms with Gasteiger partial charge in [-0.25, -0.2) is 4.68 Å². The Kier molecular flexibility index (Phi) is 4.06. The second-order valence-electron chi connectivity index (χ2n) is 4.85. The maximum Gasteiger partial charge on any atom is 0.222 e.